The minimum absolute atomic E-state index is 0.451. The molecule has 0 radical (unpaired) electrons. The Morgan fingerprint density at radius 1 is 0.912 bits per heavy atom. The Kier molecular flexibility index (Phi) is 5.60. The third kappa shape index (κ3) is 4.22. The van der Waals surface area contributed by atoms with Crippen molar-refractivity contribution >= 4 is 0 Å². The van der Waals surface area contributed by atoms with Gasteiger partial charge in [-0.25, -0.2) is 0 Å². The van der Waals surface area contributed by atoms with Crippen molar-refractivity contribution < 1.29 is 13.7 Å². The minimum Gasteiger partial charge on any atom is -0.493 e. The van der Waals surface area contributed by atoms with Gasteiger partial charge in [-0.2, -0.15) is 0 Å². The number of aryl methyl sites for hydroxylation is 1. The van der Waals surface area contributed by atoms with Gasteiger partial charge >= 0.3 is 0 Å². The maximum absolute atomic E-state index is 6.05. The third-order valence-electron chi connectivity index (χ3n) is 6.57. The van der Waals surface area contributed by atoms with Gasteiger partial charge in [-0.15, -0.1) is 10.2 Å². The lowest BCUT2D eigenvalue weighted by molar-refractivity contribution is 0.114. The molecule has 8 heteroatoms. The Labute approximate surface area is 198 Å². The van der Waals surface area contributed by atoms with Gasteiger partial charge in [0.05, 0.1) is 13.2 Å². The molecule has 2 aromatic carbocycles. The predicted molar refractivity (Wildman–Crippen MR) is 126 cm³/mol. The molecule has 0 unspecified atom stereocenters. The summed E-state index contributed by atoms with van der Waals surface area (Å²) in [6, 6.07) is 16.5. The predicted octanol–water partition coefficient (Wildman–Crippen LogP) is 3.95. The van der Waals surface area contributed by atoms with Crippen LogP contribution in [0.25, 0.3) is 22.7 Å². The Morgan fingerprint density at radius 2 is 1.71 bits per heavy atom. The van der Waals surface area contributed by atoms with Crippen molar-refractivity contribution in [1.29, 1.82) is 0 Å². The van der Waals surface area contributed by atoms with Crippen LogP contribution in [0.1, 0.15) is 22.8 Å². The third-order valence-corrected chi connectivity index (χ3v) is 6.57. The van der Waals surface area contributed by atoms with Crippen LogP contribution in [0.15, 0.2) is 57.5 Å². The maximum atomic E-state index is 6.05. The molecule has 6 rings (SSSR count). The van der Waals surface area contributed by atoms with E-state index in [-0.39, 0.29) is 0 Å². The molecule has 2 aromatic heterocycles. The quantitative estimate of drug-likeness (QED) is 0.431. The number of benzene rings is 2. The van der Waals surface area contributed by atoms with Crippen molar-refractivity contribution in [1.82, 2.24) is 25.2 Å². The van der Waals surface area contributed by atoms with E-state index in [0.29, 0.717) is 24.1 Å². The topological polar surface area (TPSA) is 80.7 Å². The number of fused-ring (bicyclic) bond motifs is 1. The average molecular weight is 458 g/mol. The Morgan fingerprint density at radius 3 is 2.53 bits per heavy atom. The second kappa shape index (κ2) is 9.04. The standard InChI is InChI=1S/C26H27N5O3/c1-18-24(25(29-34-18)20-5-3-2-4-6-20)26-28-27-23(33-26)17-31-12-10-30(11-13-31)16-19-7-8-22-21(15-19)9-14-32-22/h2-8,15H,9-14,16-17H2,1H3. The van der Waals surface area contributed by atoms with Crippen LogP contribution in [-0.4, -0.2) is 57.9 Å². The zero-order valence-electron chi connectivity index (χ0n) is 19.2. The number of hydrogen-bond donors (Lipinski definition) is 0. The van der Waals surface area contributed by atoms with Gasteiger partial charge < -0.3 is 13.7 Å². The second-order valence-electron chi connectivity index (χ2n) is 8.92. The molecule has 2 aliphatic rings. The van der Waals surface area contributed by atoms with Crippen molar-refractivity contribution in [2.75, 3.05) is 32.8 Å². The van der Waals surface area contributed by atoms with Gasteiger partial charge in [0.15, 0.2) is 0 Å². The number of piperazine rings is 1. The summed E-state index contributed by atoms with van der Waals surface area (Å²) < 4.78 is 17.1. The van der Waals surface area contributed by atoms with Gasteiger partial charge in [-0.3, -0.25) is 9.80 Å². The summed E-state index contributed by atoms with van der Waals surface area (Å²) in [5.41, 5.74) is 5.13. The molecule has 8 nitrogen and oxygen atoms in total. The highest BCUT2D eigenvalue weighted by atomic mass is 16.5. The van der Waals surface area contributed by atoms with Crippen molar-refractivity contribution in [2.45, 2.75) is 26.4 Å². The van der Waals surface area contributed by atoms with Crippen molar-refractivity contribution in [3.8, 4) is 28.5 Å². The Bertz CT molecular complexity index is 1270. The molecular formula is C26H27N5O3. The summed E-state index contributed by atoms with van der Waals surface area (Å²) in [6.07, 6.45) is 1.02. The molecule has 174 valence electrons. The highest BCUT2D eigenvalue weighted by molar-refractivity contribution is 5.77. The van der Waals surface area contributed by atoms with E-state index >= 15 is 0 Å². The zero-order chi connectivity index (χ0) is 22.9. The van der Waals surface area contributed by atoms with Crippen LogP contribution < -0.4 is 4.74 Å². The van der Waals surface area contributed by atoms with E-state index in [1.165, 1.54) is 11.1 Å². The number of ether oxygens (including phenoxy) is 1. The first-order chi connectivity index (χ1) is 16.7. The first-order valence-electron chi connectivity index (χ1n) is 11.8. The van der Waals surface area contributed by atoms with Crippen LogP contribution >= 0.6 is 0 Å². The van der Waals surface area contributed by atoms with Crippen LogP contribution in [0.3, 0.4) is 0 Å². The maximum Gasteiger partial charge on any atom is 0.253 e. The van der Waals surface area contributed by atoms with E-state index in [2.05, 4.69) is 43.4 Å². The lowest BCUT2D eigenvalue weighted by atomic mass is 10.1. The molecule has 1 fully saturated rings. The molecule has 0 spiro atoms. The van der Waals surface area contributed by atoms with E-state index in [1.807, 2.05) is 37.3 Å². The summed E-state index contributed by atoms with van der Waals surface area (Å²) in [5.74, 6) is 2.78. The number of nitrogens with zero attached hydrogens (tertiary/aromatic N) is 5. The van der Waals surface area contributed by atoms with Gasteiger partial charge in [-0.1, -0.05) is 47.6 Å². The van der Waals surface area contributed by atoms with Crippen LogP contribution in [0.4, 0.5) is 0 Å². The summed E-state index contributed by atoms with van der Waals surface area (Å²) in [7, 11) is 0. The molecule has 0 aliphatic carbocycles. The SMILES string of the molecule is Cc1onc(-c2ccccc2)c1-c1nnc(CN2CCN(Cc3ccc4c(c3)CCO4)CC2)o1. The molecule has 0 amide bonds. The van der Waals surface area contributed by atoms with Crippen LogP contribution in [0.2, 0.25) is 0 Å². The Hall–Kier alpha value is -3.49. The van der Waals surface area contributed by atoms with Crippen molar-refractivity contribution in [3.05, 3.63) is 71.3 Å². The lowest BCUT2D eigenvalue weighted by Gasteiger charge is -2.34. The van der Waals surface area contributed by atoms with E-state index in [4.69, 9.17) is 13.7 Å². The van der Waals surface area contributed by atoms with Gasteiger partial charge in [0.25, 0.3) is 5.89 Å². The second-order valence-corrected chi connectivity index (χ2v) is 8.92. The number of hydrogen-bond acceptors (Lipinski definition) is 8. The van der Waals surface area contributed by atoms with E-state index < -0.39 is 0 Å². The van der Waals surface area contributed by atoms with E-state index in [1.54, 1.807) is 0 Å². The van der Waals surface area contributed by atoms with Crippen LogP contribution in [-0.2, 0) is 19.5 Å². The number of aromatic nitrogens is 3. The highest BCUT2D eigenvalue weighted by Gasteiger charge is 2.24. The summed E-state index contributed by atoms with van der Waals surface area (Å²) in [6.45, 7) is 8.24. The molecular weight excluding hydrogens is 430 g/mol. The van der Waals surface area contributed by atoms with Crippen LogP contribution in [0, 0.1) is 6.92 Å². The minimum atomic E-state index is 0.451. The molecule has 2 aliphatic heterocycles. The Balaban J connectivity index is 1.08. The van der Waals surface area contributed by atoms with Gasteiger partial charge in [0, 0.05) is 44.7 Å². The van der Waals surface area contributed by atoms with Crippen LogP contribution in [0.5, 0.6) is 5.75 Å². The first-order valence-corrected chi connectivity index (χ1v) is 11.8. The average Bonchev–Trinajstić information content (AvgIpc) is 3.60. The fourth-order valence-corrected chi connectivity index (χ4v) is 4.73. The van der Waals surface area contributed by atoms with E-state index in [0.717, 1.165) is 68.3 Å². The molecule has 0 N–H and O–H groups in total. The first kappa shape index (κ1) is 21.1. The van der Waals surface area contributed by atoms with Gasteiger partial charge in [0.2, 0.25) is 5.89 Å². The van der Waals surface area contributed by atoms with Crippen molar-refractivity contribution in [2.24, 2.45) is 0 Å². The summed E-state index contributed by atoms with van der Waals surface area (Å²) >= 11 is 0. The fraction of sp³-hybridized carbons (Fsp3) is 0.346. The highest BCUT2D eigenvalue weighted by Crippen LogP contribution is 2.33. The molecule has 1 saturated heterocycles. The summed E-state index contributed by atoms with van der Waals surface area (Å²) in [4.78, 5) is 4.86. The van der Waals surface area contributed by atoms with Gasteiger partial charge in [-0.05, 0) is 24.1 Å². The summed E-state index contributed by atoms with van der Waals surface area (Å²) in [5, 5.41) is 12.8. The largest absolute Gasteiger partial charge is 0.493 e. The normalized spacial score (nSPS) is 16.5. The molecule has 4 heterocycles. The monoisotopic (exact) mass is 457 g/mol. The fourth-order valence-electron chi connectivity index (χ4n) is 4.73. The zero-order valence-corrected chi connectivity index (χ0v) is 19.2. The molecule has 0 atom stereocenters. The number of rotatable bonds is 6. The molecule has 34 heavy (non-hydrogen) atoms. The molecule has 0 saturated carbocycles. The van der Waals surface area contributed by atoms with Gasteiger partial charge in [0.1, 0.15) is 22.8 Å². The molecule has 0 bridgehead atoms. The van der Waals surface area contributed by atoms with Crippen molar-refractivity contribution in [3.63, 3.8) is 0 Å². The van der Waals surface area contributed by atoms with E-state index in [9.17, 15) is 0 Å². The smallest absolute Gasteiger partial charge is 0.253 e. The molecule has 4 aromatic rings. The lowest BCUT2D eigenvalue weighted by Crippen LogP contribution is -2.45.